The predicted octanol–water partition coefficient (Wildman–Crippen LogP) is 2.88. The molecule has 25 heavy (non-hydrogen) atoms. The second-order valence-electron chi connectivity index (χ2n) is 7.67. The lowest BCUT2D eigenvalue weighted by Gasteiger charge is -2.31. The molecule has 7 unspecified atom stereocenters. The van der Waals surface area contributed by atoms with Gasteiger partial charge in [0.25, 0.3) is 0 Å². The molecule has 1 aliphatic rings. The Balaban J connectivity index is 3.15. The summed E-state index contributed by atoms with van der Waals surface area (Å²) in [6.45, 7) is 10.9. The number of ether oxygens (including phenoxy) is 1. The molecule has 144 valence electrons. The lowest BCUT2D eigenvalue weighted by molar-refractivity contribution is -0.150. The van der Waals surface area contributed by atoms with Crippen LogP contribution >= 0.6 is 0 Å². The number of ketones is 1. The van der Waals surface area contributed by atoms with Crippen LogP contribution in [0.15, 0.2) is 11.6 Å². The van der Waals surface area contributed by atoms with Crippen molar-refractivity contribution in [1.82, 2.24) is 0 Å². The molecule has 0 saturated carbocycles. The molecule has 1 rings (SSSR count). The summed E-state index contributed by atoms with van der Waals surface area (Å²) in [4.78, 5) is 24.8. The minimum Gasteiger partial charge on any atom is -0.459 e. The second kappa shape index (κ2) is 9.48. The number of aliphatic hydroxyl groups excluding tert-OH is 2. The van der Waals surface area contributed by atoms with Crippen LogP contribution in [0.2, 0.25) is 0 Å². The maximum Gasteiger partial charge on any atom is 0.333 e. The number of cyclic esters (lactones) is 1. The lowest BCUT2D eigenvalue weighted by atomic mass is 9.82. The molecular formula is C20H34O5. The number of hydrogen-bond donors (Lipinski definition) is 2. The fourth-order valence-electron chi connectivity index (χ4n) is 3.51. The third kappa shape index (κ3) is 5.65. The Hall–Kier alpha value is -1.20. The number of Topliss-reactive ketones (excluding diaryl/α,β-unsaturated/α-hetero) is 1. The highest BCUT2D eigenvalue weighted by Gasteiger charge is 2.34. The van der Waals surface area contributed by atoms with Gasteiger partial charge in [-0.2, -0.15) is 0 Å². The average molecular weight is 354 g/mol. The van der Waals surface area contributed by atoms with Crippen molar-refractivity contribution in [2.75, 3.05) is 0 Å². The van der Waals surface area contributed by atoms with Gasteiger partial charge in [0.2, 0.25) is 0 Å². The van der Waals surface area contributed by atoms with Gasteiger partial charge in [-0.25, -0.2) is 4.79 Å². The fourth-order valence-corrected chi connectivity index (χ4v) is 3.51. The highest BCUT2D eigenvalue weighted by molar-refractivity contribution is 5.88. The zero-order chi connectivity index (χ0) is 19.3. The molecule has 0 fully saturated rings. The Morgan fingerprint density at radius 3 is 2.28 bits per heavy atom. The summed E-state index contributed by atoms with van der Waals surface area (Å²) in [5.41, 5.74) is 0.458. The Bertz CT molecular complexity index is 498. The minimum atomic E-state index is -0.864. The highest BCUT2D eigenvalue weighted by Crippen LogP contribution is 2.26. The summed E-state index contributed by atoms with van der Waals surface area (Å²) in [6.07, 6.45) is 1.22. The van der Waals surface area contributed by atoms with Crippen LogP contribution in [0.1, 0.15) is 60.8 Å². The average Bonchev–Trinajstić information content (AvgIpc) is 2.59. The summed E-state index contributed by atoms with van der Waals surface area (Å²) in [7, 11) is 0. The third-order valence-corrected chi connectivity index (χ3v) is 5.61. The molecule has 0 bridgehead atoms. The number of carbonyl (C=O) groups is 2. The van der Waals surface area contributed by atoms with Crippen molar-refractivity contribution >= 4 is 11.8 Å². The van der Waals surface area contributed by atoms with E-state index in [9.17, 15) is 19.8 Å². The van der Waals surface area contributed by atoms with Gasteiger partial charge in [0.05, 0.1) is 12.2 Å². The van der Waals surface area contributed by atoms with Gasteiger partial charge in [0, 0.05) is 29.7 Å². The fraction of sp³-hybridized carbons (Fsp3) is 0.800. The van der Waals surface area contributed by atoms with Crippen LogP contribution < -0.4 is 0 Å². The molecule has 0 aromatic rings. The van der Waals surface area contributed by atoms with Crippen LogP contribution in [0.3, 0.4) is 0 Å². The third-order valence-electron chi connectivity index (χ3n) is 5.61. The maximum absolute atomic E-state index is 12.4. The van der Waals surface area contributed by atoms with Crippen LogP contribution in [0.4, 0.5) is 0 Å². The van der Waals surface area contributed by atoms with Gasteiger partial charge in [-0.05, 0) is 25.7 Å². The van der Waals surface area contributed by atoms with Crippen molar-refractivity contribution in [1.29, 1.82) is 0 Å². The van der Waals surface area contributed by atoms with Gasteiger partial charge in [0.15, 0.2) is 0 Å². The monoisotopic (exact) mass is 354 g/mol. The lowest BCUT2D eigenvalue weighted by Crippen LogP contribution is -2.39. The van der Waals surface area contributed by atoms with E-state index in [-0.39, 0.29) is 23.5 Å². The van der Waals surface area contributed by atoms with Crippen LogP contribution in [0.25, 0.3) is 0 Å². The van der Waals surface area contributed by atoms with Crippen molar-refractivity contribution in [3.63, 3.8) is 0 Å². The molecule has 0 radical (unpaired) electrons. The van der Waals surface area contributed by atoms with Crippen molar-refractivity contribution < 1.29 is 24.5 Å². The van der Waals surface area contributed by atoms with Crippen LogP contribution in [-0.2, 0) is 14.3 Å². The molecule has 0 spiro atoms. The van der Waals surface area contributed by atoms with E-state index in [1.54, 1.807) is 19.9 Å². The number of hydrogen-bond acceptors (Lipinski definition) is 5. The van der Waals surface area contributed by atoms with Gasteiger partial charge in [-0.15, -0.1) is 0 Å². The summed E-state index contributed by atoms with van der Waals surface area (Å²) >= 11 is 0. The van der Waals surface area contributed by atoms with E-state index in [0.717, 1.165) is 0 Å². The number of carbonyl (C=O) groups excluding carboxylic acids is 2. The van der Waals surface area contributed by atoms with Gasteiger partial charge < -0.3 is 14.9 Å². The molecule has 1 aliphatic heterocycles. The Morgan fingerprint density at radius 1 is 1.12 bits per heavy atom. The van der Waals surface area contributed by atoms with Crippen molar-refractivity contribution in [3.8, 4) is 0 Å². The molecule has 7 atom stereocenters. The first-order chi connectivity index (χ1) is 11.6. The van der Waals surface area contributed by atoms with Gasteiger partial charge >= 0.3 is 5.97 Å². The summed E-state index contributed by atoms with van der Waals surface area (Å²) in [6, 6.07) is 0. The molecule has 0 aliphatic carbocycles. The number of aliphatic hydroxyl groups is 2. The summed E-state index contributed by atoms with van der Waals surface area (Å²) in [5.74, 6) is -1.59. The van der Waals surface area contributed by atoms with Crippen LogP contribution in [-0.4, -0.2) is 40.3 Å². The molecular weight excluding hydrogens is 320 g/mol. The molecule has 5 heteroatoms. The normalized spacial score (nSPS) is 41.4. The first-order valence-electron chi connectivity index (χ1n) is 9.38. The summed E-state index contributed by atoms with van der Waals surface area (Å²) in [5, 5.41) is 21.0. The topological polar surface area (TPSA) is 83.8 Å². The number of rotatable bonds is 1. The second-order valence-corrected chi connectivity index (χ2v) is 7.67. The summed E-state index contributed by atoms with van der Waals surface area (Å²) < 4.78 is 5.57. The Morgan fingerprint density at radius 2 is 1.72 bits per heavy atom. The van der Waals surface area contributed by atoms with Gasteiger partial charge in [0.1, 0.15) is 11.9 Å². The predicted molar refractivity (Wildman–Crippen MR) is 96.8 cm³/mol. The smallest absolute Gasteiger partial charge is 0.333 e. The zero-order valence-electron chi connectivity index (χ0n) is 16.4. The largest absolute Gasteiger partial charge is 0.459 e. The molecule has 5 nitrogen and oxygen atoms in total. The van der Waals surface area contributed by atoms with Crippen molar-refractivity contribution in [2.45, 2.75) is 79.1 Å². The zero-order valence-corrected chi connectivity index (χ0v) is 16.4. The van der Waals surface area contributed by atoms with E-state index in [2.05, 4.69) is 0 Å². The Labute approximate surface area is 151 Å². The van der Waals surface area contributed by atoms with Crippen LogP contribution in [0, 0.1) is 23.7 Å². The van der Waals surface area contributed by atoms with E-state index in [0.29, 0.717) is 24.8 Å². The minimum absolute atomic E-state index is 0.0176. The molecule has 0 saturated heterocycles. The molecule has 0 aromatic heterocycles. The van der Waals surface area contributed by atoms with E-state index in [4.69, 9.17) is 4.74 Å². The molecule has 1 heterocycles. The Kier molecular flexibility index (Phi) is 8.29. The maximum atomic E-state index is 12.4. The van der Waals surface area contributed by atoms with Crippen LogP contribution in [0.5, 0.6) is 0 Å². The molecule has 0 aromatic carbocycles. The van der Waals surface area contributed by atoms with Crippen molar-refractivity contribution in [3.05, 3.63) is 11.6 Å². The first kappa shape index (κ1) is 21.8. The molecule has 0 amide bonds. The van der Waals surface area contributed by atoms with E-state index in [1.165, 1.54) is 0 Å². The van der Waals surface area contributed by atoms with E-state index < -0.39 is 30.2 Å². The SMILES string of the molecule is CCC1OC(=O)/C(C)=C/C(C)C(O)C(C)CCC(=O)C(C)C(O)C1C. The quantitative estimate of drug-likeness (QED) is 0.708. The molecule has 2 N–H and O–H groups in total. The van der Waals surface area contributed by atoms with Gasteiger partial charge in [-0.3, -0.25) is 4.79 Å². The van der Waals surface area contributed by atoms with E-state index in [1.807, 2.05) is 27.7 Å². The standard InChI is InChI=1S/C20H34O5/c1-7-17-15(6)19(23)14(5)16(21)9-8-11(2)18(22)12(3)10-13(4)20(24)25-17/h10-12,14-15,17-19,22-23H,7-9H2,1-6H3/b13-10+. The van der Waals surface area contributed by atoms with Crippen molar-refractivity contribution in [2.24, 2.45) is 23.7 Å². The van der Waals surface area contributed by atoms with E-state index >= 15 is 0 Å². The highest BCUT2D eigenvalue weighted by atomic mass is 16.5. The first-order valence-corrected chi connectivity index (χ1v) is 9.38. The number of esters is 1. The van der Waals surface area contributed by atoms with Gasteiger partial charge in [-0.1, -0.05) is 40.7 Å².